The maximum absolute atomic E-state index is 13.5. The predicted octanol–water partition coefficient (Wildman–Crippen LogP) is 4.35. The summed E-state index contributed by atoms with van der Waals surface area (Å²) >= 11 is 6.12. The van der Waals surface area contributed by atoms with Crippen LogP contribution in [-0.4, -0.2) is 36.8 Å². The van der Waals surface area contributed by atoms with Crippen LogP contribution in [0.15, 0.2) is 49.9 Å². The van der Waals surface area contributed by atoms with Gasteiger partial charge in [-0.25, -0.2) is 4.79 Å². The van der Waals surface area contributed by atoms with E-state index in [1.807, 2.05) is 0 Å². The van der Waals surface area contributed by atoms with Crippen LogP contribution >= 0.6 is 11.6 Å². The molecule has 33 heavy (non-hydrogen) atoms. The summed E-state index contributed by atoms with van der Waals surface area (Å²) in [6.07, 6.45) is 4.70. The van der Waals surface area contributed by atoms with E-state index in [9.17, 15) is 14.4 Å². The van der Waals surface area contributed by atoms with E-state index in [1.165, 1.54) is 6.26 Å². The van der Waals surface area contributed by atoms with E-state index in [0.29, 0.717) is 53.3 Å². The Kier molecular flexibility index (Phi) is 5.93. The van der Waals surface area contributed by atoms with Crippen molar-refractivity contribution in [3.63, 3.8) is 0 Å². The van der Waals surface area contributed by atoms with Crippen LogP contribution in [0.25, 0.3) is 11.0 Å². The average molecular weight is 470 g/mol. The number of Topliss-reactive ketones (excluding diaryl/α,β-unsaturated/α-hetero) is 1. The van der Waals surface area contributed by atoms with E-state index in [-0.39, 0.29) is 35.1 Å². The van der Waals surface area contributed by atoms with Gasteiger partial charge in [0.25, 0.3) is 0 Å². The number of halogens is 1. The highest BCUT2D eigenvalue weighted by Gasteiger charge is 2.45. The Morgan fingerprint density at radius 3 is 2.85 bits per heavy atom. The quantitative estimate of drug-likeness (QED) is 0.618. The molecule has 172 valence electrons. The number of ketones is 1. The highest BCUT2D eigenvalue weighted by Crippen LogP contribution is 2.42. The first-order valence-corrected chi connectivity index (χ1v) is 11.6. The Balaban J connectivity index is 1.61. The highest BCUT2D eigenvalue weighted by molar-refractivity contribution is 6.31. The molecule has 0 amide bonds. The molecule has 2 aliphatic heterocycles. The molecule has 0 bridgehead atoms. The molecule has 1 saturated carbocycles. The molecule has 0 N–H and O–H groups in total. The predicted molar refractivity (Wildman–Crippen MR) is 123 cm³/mol. The van der Waals surface area contributed by atoms with Crippen LogP contribution in [0.1, 0.15) is 50.5 Å². The fourth-order valence-electron chi connectivity index (χ4n) is 5.08. The Labute approximate surface area is 195 Å². The van der Waals surface area contributed by atoms with Crippen molar-refractivity contribution in [2.24, 2.45) is 10.9 Å². The number of ether oxygens (including phenoxy) is 2. The second-order valence-electron chi connectivity index (χ2n) is 8.77. The van der Waals surface area contributed by atoms with Crippen molar-refractivity contribution >= 4 is 40.0 Å². The van der Waals surface area contributed by atoms with Gasteiger partial charge in [0.15, 0.2) is 5.43 Å². The molecule has 3 aliphatic rings. The van der Waals surface area contributed by atoms with Crippen molar-refractivity contribution in [3.05, 3.63) is 56.5 Å². The lowest BCUT2D eigenvalue weighted by molar-refractivity contribution is -0.142. The number of carbonyl (C=O) groups is 2. The van der Waals surface area contributed by atoms with Gasteiger partial charge in [0.1, 0.15) is 18.0 Å². The third-order valence-electron chi connectivity index (χ3n) is 6.65. The first-order chi connectivity index (χ1) is 15.9. The number of hydrogen-bond donors (Lipinski definition) is 0. The minimum atomic E-state index is -0.818. The van der Waals surface area contributed by atoms with Crippen LogP contribution in [0.4, 0.5) is 0 Å². The van der Waals surface area contributed by atoms with Crippen LogP contribution in [-0.2, 0) is 19.1 Å². The molecule has 1 aromatic heterocycles. The van der Waals surface area contributed by atoms with Crippen molar-refractivity contribution in [1.29, 1.82) is 0 Å². The topological polar surface area (TPSA) is 95.2 Å². The van der Waals surface area contributed by atoms with E-state index >= 15 is 0 Å². The van der Waals surface area contributed by atoms with Gasteiger partial charge < -0.3 is 13.9 Å². The number of carbonyl (C=O) groups excluding carboxylic acids is 2. The molecule has 3 unspecified atom stereocenters. The van der Waals surface area contributed by atoms with Crippen molar-refractivity contribution in [2.45, 2.75) is 51.0 Å². The molecule has 5 rings (SSSR count). The number of benzene rings is 1. The van der Waals surface area contributed by atoms with Crippen molar-refractivity contribution in [2.75, 3.05) is 13.2 Å². The average Bonchev–Trinajstić information content (AvgIpc) is 3.31. The summed E-state index contributed by atoms with van der Waals surface area (Å²) in [4.78, 5) is 44.5. The summed E-state index contributed by atoms with van der Waals surface area (Å²) in [5, 5.41) is 0.701. The van der Waals surface area contributed by atoms with Crippen molar-refractivity contribution in [1.82, 2.24) is 0 Å². The Morgan fingerprint density at radius 1 is 1.21 bits per heavy atom. The summed E-state index contributed by atoms with van der Waals surface area (Å²) in [7, 11) is 0. The van der Waals surface area contributed by atoms with E-state index < -0.39 is 17.8 Å². The lowest BCUT2D eigenvalue weighted by Crippen LogP contribution is -2.40. The monoisotopic (exact) mass is 469 g/mol. The van der Waals surface area contributed by atoms with Gasteiger partial charge >= 0.3 is 5.97 Å². The number of aliphatic imine (C=N–C) groups is 1. The largest absolute Gasteiger partial charge is 0.464 e. The fourth-order valence-corrected chi connectivity index (χ4v) is 5.25. The standard InChI is InChI=1S/C25H24ClNO6/c1-13-21(25(30)33-11-15-4-3-9-31-15)22(23-18(27-13)5-2-6-19(23)28)17-12-32-20-8-7-14(26)10-16(20)24(17)29/h7-8,10,12,15,22-23H,2-6,9,11H2,1H3. The number of esters is 1. The minimum absolute atomic E-state index is 0.0347. The zero-order chi connectivity index (χ0) is 23.1. The molecule has 3 atom stereocenters. The summed E-state index contributed by atoms with van der Waals surface area (Å²) in [5.41, 5.74) is 1.70. The maximum Gasteiger partial charge on any atom is 0.336 e. The molecular weight excluding hydrogens is 446 g/mol. The summed E-state index contributed by atoms with van der Waals surface area (Å²) in [5.74, 6) is -2.12. The van der Waals surface area contributed by atoms with Gasteiger partial charge in [-0.1, -0.05) is 11.6 Å². The van der Waals surface area contributed by atoms with Gasteiger partial charge in [-0.15, -0.1) is 0 Å². The number of hydrogen-bond acceptors (Lipinski definition) is 7. The SMILES string of the molecule is CC1=C(C(=O)OCC2CCCO2)C(c2coc3ccc(Cl)cc3c2=O)C2C(=O)CCCC2=N1. The molecule has 0 radical (unpaired) electrons. The zero-order valence-electron chi connectivity index (χ0n) is 18.3. The van der Waals surface area contributed by atoms with E-state index in [4.69, 9.17) is 25.5 Å². The van der Waals surface area contributed by atoms with Gasteiger partial charge in [-0.2, -0.15) is 0 Å². The summed E-state index contributed by atoms with van der Waals surface area (Å²) in [6, 6.07) is 4.81. The van der Waals surface area contributed by atoms with Crippen molar-refractivity contribution < 1.29 is 23.5 Å². The normalized spacial score (nSPS) is 25.2. The molecule has 1 aromatic carbocycles. The Hall–Kier alpha value is -2.77. The maximum atomic E-state index is 13.5. The summed E-state index contributed by atoms with van der Waals surface area (Å²) < 4.78 is 16.9. The number of nitrogens with zero attached hydrogens (tertiary/aromatic N) is 1. The van der Waals surface area contributed by atoms with E-state index in [0.717, 1.165) is 12.8 Å². The molecular formula is C25H24ClNO6. The second-order valence-corrected chi connectivity index (χ2v) is 9.21. The third-order valence-corrected chi connectivity index (χ3v) is 6.88. The molecule has 0 spiro atoms. The first kappa shape index (κ1) is 22.0. The highest BCUT2D eigenvalue weighted by atomic mass is 35.5. The summed E-state index contributed by atoms with van der Waals surface area (Å²) in [6.45, 7) is 2.49. The van der Waals surface area contributed by atoms with Gasteiger partial charge in [0.2, 0.25) is 0 Å². The van der Waals surface area contributed by atoms with Crippen LogP contribution in [0.2, 0.25) is 5.02 Å². The van der Waals surface area contributed by atoms with Crippen LogP contribution < -0.4 is 5.43 Å². The smallest absolute Gasteiger partial charge is 0.336 e. The minimum Gasteiger partial charge on any atom is -0.464 e. The number of rotatable bonds is 4. The third kappa shape index (κ3) is 4.04. The lowest BCUT2D eigenvalue weighted by atomic mass is 9.69. The Bertz CT molecular complexity index is 1250. The van der Waals surface area contributed by atoms with Crippen LogP contribution in [0.3, 0.4) is 0 Å². The fraction of sp³-hybridized carbons (Fsp3) is 0.440. The van der Waals surface area contributed by atoms with E-state index in [2.05, 4.69) is 4.99 Å². The lowest BCUT2D eigenvalue weighted by Gasteiger charge is -2.35. The van der Waals surface area contributed by atoms with Gasteiger partial charge in [0, 0.05) is 40.9 Å². The van der Waals surface area contributed by atoms with Gasteiger partial charge in [0.05, 0.1) is 29.2 Å². The number of fused-ring (bicyclic) bond motifs is 2. The number of allylic oxidation sites excluding steroid dienone is 1. The molecule has 7 nitrogen and oxygen atoms in total. The molecule has 8 heteroatoms. The Morgan fingerprint density at radius 2 is 2.06 bits per heavy atom. The molecule has 1 saturated heterocycles. The first-order valence-electron chi connectivity index (χ1n) is 11.2. The van der Waals surface area contributed by atoms with E-state index in [1.54, 1.807) is 25.1 Å². The molecule has 3 heterocycles. The molecule has 2 aromatic rings. The molecule has 2 fully saturated rings. The van der Waals surface area contributed by atoms with Crippen molar-refractivity contribution in [3.8, 4) is 0 Å². The van der Waals surface area contributed by atoms with Gasteiger partial charge in [-0.05, 0) is 50.8 Å². The van der Waals surface area contributed by atoms with Gasteiger partial charge in [-0.3, -0.25) is 14.6 Å². The zero-order valence-corrected chi connectivity index (χ0v) is 19.0. The molecule has 1 aliphatic carbocycles. The van der Waals surface area contributed by atoms with Crippen LogP contribution in [0.5, 0.6) is 0 Å². The van der Waals surface area contributed by atoms with Crippen LogP contribution in [0, 0.1) is 5.92 Å². The second kappa shape index (κ2) is 8.88.